The van der Waals surface area contributed by atoms with E-state index in [9.17, 15) is 5.11 Å². The minimum absolute atomic E-state index is 0.0822. The number of hydrogen-bond donors (Lipinski definition) is 1. The van der Waals surface area contributed by atoms with Crippen LogP contribution in [0.1, 0.15) is 45.4 Å². The number of likely N-dealkylation sites (N-methyl/N-ethyl adjacent to an activating group) is 1. The Morgan fingerprint density at radius 2 is 1.88 bits per heavy atom. The van der Waals surface area contributed by atoms with Gasteiger partial charge < -0.3 is 10.0 Å². The monoisotopic (exact) mass is 240 g/mol. The Labute approximate surface area is 106 Å². The largest absolute Gasteiger partial charge is 0.391 e. The van der Waals surface area contributed by atoms with Crippen LogP contribution in [0.25, 0.3) is 0 Å². The predicted octanol–water partition coefficient (Wildman–Crippen LogP) is 1.71. The van der Waals surface area contributed by atoms with Gasteiger partial charge in [-0.25, -0.2) is 0 Å². The first-order valence-electron chi connectivity index (χ1n) is 7.34. The van der Waals surface area contributed by atoms with Crippen molar-refractivity contribution >= 4 is 0 Å². The molecule has 1 heterocycles. The smallest absolute Gasteiger partial charge is 0.0695 e. The molecule has 3 unspecified atom stereocenters. The molecular formula is C14H28N2O. The second-order valence-electron chi connectivity index (χ2n) is 5.83. The van der Waals surface area contributed by atoms with Crippen LogP contribution >= 0.6 is 0 Å². The molecule has 0 bridgehead atoms. The normalized spacial score (nSPS) is 37.9. The minimum atomic E-state index is -0.0822. The molecule has 17 heavy (non-hydrogen) atoms. The van der Waals surface area contributed by atoms with Crippen molar-refractivity contribution in [3.63, 3.8) is 0 Å². The fourth-order valence-corrected chi connectivity index (χ4v) is 3.54. The van der Waals surface area contributed by atoms with Gasteiger partial charge in [-0.3, -0.25) is 4.90 Å². The van der Waals surface area contributed by atoms with Crippen LogP contribution in [0, 0.1) is 0 Å². The number of rotatable bonds is 2. The van der Waals surface area contributed by atoms with Gasteiger partial charge in [0.05, 0.1) is 6.10 Å². The van der Waals surface area contributed by atoms with Crippen molar-refractivity contribution in [3.05, 3.63) is 0 Å². The molecule has 1 saturated carbocycles. The first-order valence-corrected chi connectivity index (χ1v) is 7.34. The molecule has 3 nitrogen and oxygen atoms in total. The highest BCUT2D eigenvalue weighted by molar-refractivity contribution is 4.89. The average molecular weight is 240 g/mol. The highest BCUT2D eigenvalue weighted by Crippen LogP contribution is 2.27. The highest BCUT2D eigenvalue weighted by atomic mass is 16.3. The van der Waals surface area contributed by atoms with Crippen molar-refractivity contribution in [1.29, 1.82) is 0 Å². The zero-order chi connectivity index (χ0) is 12.3. The van der Waals surface area contributed by atoms with Crippen molar-refractivity contribution in [2.75, 3.05) is 26.7 Å². The summed E-state index contributed by atoms with van der Waals surface area (Å²) in [5, 5.41) is 10.2. The Balaban J connectivity index is 2.04. The van der Waals surface area contributed by atoms with Crippen molar-refractivity contribution < 1.29 is 5.11 Å². The van der Waals surface area contributed by atoms with E-state index in [-0.39, 0.29) is 6.10 Å². The lowest BCUT2D eigenvalue weighted by atomic mass is 9.90. The summed E-state index contributed by atoms with van der Waals surface area (Å²) in [5.74, 6) is 0. The lowest BCUT2D eigenvalue weighted by Crippen LogP contribution is -2.51. The second-order valence-corrected chi connectivity index (χ2v) is 5.83. The Morgan fingerprint density at radius 3 is 2.59 bits per heavy atom. The molecule has 100 valence electrons. The van der Waals surface area contributed by atoms with Gasteiger partial charge >= 0.3 is 0 Å². The van der Waals surface area contributed by atoms with Gasteiger partial charge in [0.1, 0.15) is 0 Å². The van der Waals surface area contributed by atoms with Gasteiger partial charge in [0.25, 0.3) is 0 Å². The standard InChI is InChI=1S/C14H28N2O/c1-3-12-11-15(2)9-6-10-16(12)13-7-4-5-8-14(13)17/h12-14,17H,3-11H2,1-2H3. The number of nitrogens with zero attached hydrogens (tertiary/aromatic N) is 2. The number of hydrogen-bond acceptors (Lipinski definition) is 3. The highest BCUT2D eigenvalue weighted by Gasteiger charge is 2.33. The van der Waals surface area contributed by atoms with Crippen LogP contribution in [-0.2, 0) is 0 Å². The van der Waals surface area contributed by atoms with E-state index in [1.165, 1.54) is 51.7 Å². The zero-order valence-electron chi connectivity index (χ0n) is 11.4. The number of aliphatic hydroxyl groups is 1. The van der Waals surface area contributed by atoms with E-state index in [1.54, 1.807) is 0 Å². The van der Waals surface area contributed by atoms with E-state index in [1.807, 2.05) is 0 Å². The van der Waals surface area contributed by atoms with Gasteiger partial charge in [0.15, 0.2) is 0 Å². The quantitative estimate of drug-likeness (QED) is 0.796. The molecule has 0 radical (unpaired) electrons. The Bertz CT molecular complexity index is 234. The summed E-state index contributed by atoms with van der Waals surface area (Å²) in [5.41, 5.74) is 0. The molecule has 3 atom stereocenters. The van der Waals surface area contributed by atoms with E-state index in [4.69, 9.17) is 0 Å². The van der Waals surface area contributed by atoms with E-state index in [2.05, 4.69) is 23.8 Å². The molecule has 1 N–H and O–H groups in total. The van der Waals surface area contributed by atoms with E-state index >= 15 is 0 Å². The third-order valence-electron chi connectivity index (χ3n) is 4.54. The van der Waals surface area contributed by atoms with Gasteiger partial charge in [-0.1, -0.05) is 19.8 Å². The molecule has 1 saturated heterocycles. The molecule has 0 aromatic carbocycles. The maximum atomic E-state index is 10.2. The van der Waals surface area contributed by atoms with Gasteiger partial charge in [-0.15, -0.1) is 0 Å². The molecule has 0 amide bonds. The van der Waals surface area contributed by atoms with Gasteiger partial charge in [0, 0.05) is 25.2 Å². The Hall–Kier alpha value is -0.120. The van der Waals surface area contributed by atoms with Gasteiger partial charge in [-0.2, -0.15) is 0 Å². The maximum absolute atomic E-state index is 10.2. The molecule has 1 aliphatic carbocycles. The third-order valence-corrected chi connectivity index (χ3v) is 4.54. The lowest BCUT2D eigenvalue weighted by molar-refractivity contribution is -0.00137. The summed E-state index contributed by atoms with van der Waals surface area (Å²) in [7, 11) is 2.23. The molecular weight excluding hydrogens is 212 g/mol. The molecule has 0 spiro atoms. The molecule has 3 heteroatoms. The lowest BCUT2D eigenvalue weighted by Gasteiger charge is -2.41. The third kappa shape index (κ3) is 3.21. The van der Waals surface area contributed by atoms with Crippen LogP contribution in [0.5, 0.6) is 0 Å². The Morgan fingerprint density at radius 1 is 1.12 bits per heavy atom. The minimum Gasteiger partial charge on any atom is -0.391 e. The zero-order valence-corrected chi connectivity index (χ0v) is 11.4. The molecule has 2 rings (SSSR count). The summed E-state index contributed by atoms with van der Waals surface area (Å²) in [6.07, 6.45) is 7.08. The van der Waals surface area contributed by atoms with Crippen LogP contribution in [0.3, 0.4) is 0 Å². The van der Waals surface area contributed by atoms with E-state index in [0.717, 1.165) is 6.42 Å². The van der Waals surface area contributed by atoms with Gasteiger partial charge in [0.2, 0.25) is 0 Å². The fraction of sp³-hybridized carbons (Fsp3) is 1.00. The van der Waals surface area contributed by atoms with Crippen molar-refractivity contribution in [1.82, 2.24) is 9.80 Å². The van der Waals surface area contributed by atoms with Crippen molar-refractivity contribution in [2.24, 2.45) is 0 Å². The molecule has 0 aromatic heterocycles. The average Bonchev–Trinajstić information content (AvgIpc) is 2.51. The predicted molar refractivity (Wildman–Crippen MR) is 71.2 cm³/mol. The van der Waals surface area contributed by atoms with Crippen LogP contribution in [0.2, 0.25) is 0 Å². The van der Waals surface area contributed by atoms with Crippen LogP contribution in [0.15, 0.2) is 0 Å². The van der Waals surface area contributed by atoms with Crippen molar-refractivity contribution in [3.8, 4) is 0 Å². The SMILES string of the molecule is CCC1CN(C)CCCN1C1CCCCC1O. The summed E-state index contributed by atoms with van der Waals surface area (Å²) in [4.78, 5) is 5.07. The van der Waals surface area contributed by atoms with Crippen LogP contribution < -0.4 is 0 Å². The fourth-order valence-electron chi connectivity index (χ4n) is 3.54. The summed E-state index contributed by atoms with van der Waals surface area (Å²) in [6.45, 7) is 5.83. The first kappa shape index (κ1) is 13.3. The van der Waals surface area contributed by atoms with Crippen LogP contribution in [-0.4, -0.2) is 59.8 Å². The Kier molecular flexibility index (Phi) is 4.83. The van der Waals surface area contributed by atoms with Crippen LogP contribution in [0.4, 0.5) is 0 Å². The van der Waals surface area contributed by atoms with Crippen molar-refractivity contribution in [2.45, 2.75) is 63.6 Å². The molecule has 1 aliphatic heterocycles. The van der Waals surface area contributed by atoms with E-state index in [0.29, 0.717) is 12.1 Å². The molecule has 2 aliphatic rings. The summed E-state index contributed by atoms with van der Waals surface area (Å²) in [6, 6.07) is 1.07. The second kappa shape index (κ2) is 6.17. The van der Waals surface area contributed by atoms with E-state index < -0.39 is 0 Å². The van der Waals surface area contributed by atoms with Gasteiger partial charge in [-0.05, 0) is 39.3 Å². The molecule has 0 aromatic rings. The maximum Gasteiger partial charge on any atom is 0.0695 e. The summed E-state index contributed by atoms with van der Waals surface area (Å²) < 4.78 is 0. The topological polar surface area (TPSA) is 26.7 Å². The first-order chi connectivity index (χ1) is 8.22. The number of aliphatic hydroxyl groups excluding tert-OH is 1. The summed E-state index contributed by atoms with van der Waals surface area (Å²) >= 11 is 0. The molecule has 2 fully saturated rings.